The number of nitrogens with zero attached hydrogens (tertiary/aromatic N) is 2. The Bertz CT molecular complexity index is 1690. The molecule has 4 rings (SSSR count). The van der Waals surface area contributed by atoms with Crippen molar-refractivity contribution in [3.05, 3.63) is 45.5 Å². The number of carboxylic acid groups (broad SMARTS) is 1. The van der Waals surface area contributed by atoms with Gasteiger partial charge in [0.25, 0.3) is 0 Å². The summed E-state index contributed by atoms with van der Waals surface area (Å²) in [5, 5.41) is 13.9. The monoisotopic (exact) mass is 690 g/mol. The van der Waals surface area contributed by atoms with Crippen molar-refractivity contribution in [3.63, 3.8) is 0 Å². The molecular formula is C34H44F2N4O9. The second-order valence-corrected chi connectivity index (χ2v) is 14.2. The molecule has 2 aliphatic rings. The van der Waals surface area contributed by atoms with Gasteiger partial charge in [0.1, 0.15) is 28.5 Å². The van der Waals surface area contributed by atoms with Gasteiger partial charge in [0.15, 0.2) is 17.9 Å². The van der Waals surface area contributed by atoms with Gasteiger partial charge in [-0.3, -0.25) is 14.4 Å². The molecule has 2 atom stereocenters. The van der Waals surface area contributed by atoms with Crippen LogP contribution in [0, 0.1) is 5.82 Å². The second kappa shape index (κ2) is 14.4. The summed E-state index contributed by atoms with van der Waals surface area (Å²) in [6, 6.07) is -0.574. The standard InChI is InChI=1S/C34H44F2N4O9/c1-33(2,3)48-25(41)15-23(37-32(46)49-34(4,5)6)30(43)38-24(36)13-18-9-8-12-39(16-18)27-22(35)14-20-26(29(27)47-7)40(19-10-11-19)17-21(28(20)42)31(44)45/h13-14,17,19,23-24H,8-12,15-16H2,1-7H3,(H,37,46)(H,38,43)(H,44,45)/t23-,24?/m0/s1. The van der Waals surface area contributed by atoms with E-state index in [0.717, 1.165) is 18.9 Å². The number of aromatic carboxylic acids is 1. The Morgan fingerprint density at radius 2 is 1.73 bits per heavy atom. The van der Waals surface area contributed by atoms with Crippen molar-refractivity contribution in [1.29, 1.82) is 0 Å². The molecule has 1 aromatic heterocycles. The van der Waals surface area contributed by atoms with E-state index in [0.29, 0.717) is 25.0 Å². The zero-order chi connectivity index (χ0) is 36.4. The van der Waals surface area contributed by atoms with Gasteiger partial charge in [-0.15, -0.1) is 0 Å². The van der Waals surface area contributed by atoms with Crippen molar-refractivity contribution in [3.8, 4) is 5.75 Å². The van der Waals surface area contributed by atoms with Crippen LogP contribution in [0.25, 0.3) is 10.9 Å². The number of hydrogen-bond acceptors (Lipinski definition) is 9. The quantitative estimate of drug-likeness (QED) is 0.180. The molecule has 49 heavy (non-hydrogen) atoms. The molecule has 0 bridgehead atoms. The van der Waals surface area contributed by atoms with E-state index in [-0.39, 0.29) is 34.9 Å². The Labute approximate surface area is 282 Å². The van der Waals surface area contributed by atoms with E-state index in [1.807, 2.05) is 0 Å². The first-order chi connectivity index (χ1) is 22.8. The molecule has 1 aromatic carbocycles. The van der Waals surface area contributed by atoms with Gasteiger partial charge in [-0.25, -0.2) is 18.4 Å². The Kier molecular flexibility index (Phi) is 10.9. The number of nitrogens with one attached hydrogen (secondary N) is 2. The lowest BCUT2D eigenvalue weighted by atomic mass is 10.0. The molecule has 0 spiro atoms. The number of rotatable bonds is 10. The number of benzene rings is 1. The van der Waals surface area contributed by atoms with E-state index in [9.17, 15) is 29.1 Å². The largest absolute Gasteiger partial charge is 0.492 e. The van der Waals surface area contributed by atoms with E-state index < -0.39 is 70.7 Å². The van der Waals surface area contributed by atoms with Crippen LogP contribution >= 0.6 is 0 Å². The molecular weight excluding hydrogens is 646 g/mol. The van der Waals surface area contributed by atoms with E-state index in [1.165, 1.54) is 19.4 Å². The Morgan fingerprint density at radius 3 is 2.31 bits per heavy atom. The van der Waals surface area contributed by atoms with Crippen molar-refractivity contribution < 1.29 is 47.3 Å². The second-order valence-electron chi connectivity index (χ2n) is 14.2. The number of ether oxygens (including phenoxy) is 3. The van der Waals surface area contributed by atoms with E-state index in [1.54, 1.807) is 51.0 Å². The third-order valence-corrected chi connectivity index (χ3v) is 7.67. The number of alkyl carbamates (subject to hydrolysis) is 1. The Balaban J connectivity index is 1.58. The highest BCUT2D eigenvalue weighted by molar-refractivity contribution is 5.97. The molecule has 2 amide bonds. The molecule has 1 unspecified atom stereocenters. The zero-order valence-corrected chi connectivity index (χ0v) is 28.8. The number of pyridine rings is 1. The van der Waals surface area contributed by atoms with Crippen LogP contribution < -0.4 is 25.7 Å². The molecule has 2 fully saturated rings. The lowest BCUT2D eigenvalue weighted by molar-refractivity contribution is -0.156. The predicted molar refractivity (Wildman–Crippen MR) is 176 cm³/mol. The van der Waals surface area contributed by atoms with Crippen LogP contribution in [-0.2, 0) is 19.1 Å². The third-order valence-electron chi connectivity index (χ3n) is 7.67. The van der Waals surface area contributed by atoms with Gasteiger partial charge in [0.2, 0.25) is 11.3 Å². The Morgan fingerprint density at radius 1 is 1.08 bits per heavy atom. The molecule has 13 nitrogen and oxygen atoms in total. The maximum absolute atomic E-state index is 15.8. The summed E-state index contributed by atoms with van der Waals surface area (Å²) in [7, 11) is 1.33. The number of amides is 2. The van der Waals surface area contributed by atoms with Crippen LogP contribution in [0.4, 0.5) is 19.3 Å². The van der Waals surface area contributed by atoms with Gasteiger partial charge in [-0.05, 0) is 79.4 Å². The smallest absolute Gasteiger partial charge is 0.408 e. The topological polar surface area (TPSA) is 166 Å². The number of fused-ring (bicyclic) bond motifs is 1. The lowest BCUT2D eigenvalue weighted by Gasteiger charge is -2.33. The average molecular weight is 691 g/mol. The Hall–Kier alpha value is -4.69. The normalized spacial score (nSPS) is 17.3. The van der Waals surface area contributed by atoms with Crippen LogP contribution in [0.3, 0.4) is 0 Å². The van der Waals surface area contributed by atoms with Crippen LogP contribution in [0.5, 0.6) is 5.75 Å². The average Bonchev–Trinajstić information content (AvgIpc) is 3.80. The molecule has 2 heterocycles. The number of esters is 1. The predicted octanol–water partition coefficient (Wildman–Crippen LogP) is 4.75. The van der Waals surface area contributed by atoms with Gasteiger partial charge in [-0.2, -0.15) is 0 Å². The van der Waals surface area contributed by atoms with Gasteiger partial charge in [-0.1, -0.05) is 5.57 Å². The highest BCUT2D eigenvalue weighted by atomic mass is 19.1. The summed E-state index contributed by atoms with van der Waals surface area (Å²) >= 11 is 0. The van der Waals surface area contributed by atoms with Crippen molar-refractivity contribution in [2.75, 3.05) is 25.1 Å². The summed E-state index contributed by atoms with van der Waals surface area (Å²) in [6.45, 7) is 10.2. The fourth-order valence-electron chi connectivity index (χ4n) is 5.65. The minimum atomic E-state index is -2.04. The van der Waals surface area contributed by atoms with Gasteiger partial charge < -0.3 is 39.4 Å². The number of aromatic nitrogens is 1. The van der Waals surface area contributed by atoms with E-state index in [2.05, 4.69) is 10.6 Å². The van der Waals surface area contributed by atoms with Crippen LogP contribution in [0.1, 0.15) is 90.0 Å². The third kappa shape index (κ3) is 9.48. The van der Waals surface area contributed by atoms with Gasteiger partial charge in [0.05, 0.1) is 24.4 Å². The maximum Gasteiger partial charge on any atom is 0.408 e. The minimum absolute atomic E-state index is 0.0379. The number of methoxy groups -OCH3 is 1. The van der Waals surface area contributed by atoms with Crippen molar-refractivity contribution >= 4 is 40.5 Å². The van der Waals surface area contributed by atoms with Crippen molar-refractivity contribution in [1.82, 2.24) is 15.2 Å². The molecule has 1 saturated heterocycles. The highest BCUT2D eigenvalue weighted by Gasteiger charge is 2.33. The number of alkyl halides is 1. The number of anilines is 1. The highest BCUT2D eigenvalue weighted by Crippen LogP contribution is 2.44. The summed E-state index contributed by atoms with van der Waals surface area (Å²) in [6.07, 6.45) is 1.25. The number of carbonyl (C=O) groups excluding carboxylic acids is 3. The van der Waals surface area contributed by atoms with Crippen molar-refractivity contribution in [2.24, 2.45) is 0 Å². The minimum Gasteiger partial charge on any atom is -0.492 e. The summed E-state index contributed by atoms with van der Waals surface area (Å²) in [5.41, 5.74) is -2.24. The molecule has 2 aromatic rings. The van der Waals surface area contributed by atoms with E-state index >= 15 is 8.78 Å². The first kappa shape index (κ1) is 37.1. The number of carboxylic acids is 1. The fraction of sp³-hybridized carbons (Fsp3) is 0.559. The molecule has 1 aliphatic carbocycles. The van der Waals surface area contributed by atoms with Crippen LogP contribution in [0.15, 0.2) is 28.7 Å². The van der Waals surface area contributed by atoms with Crippen LogP contribution in [0.2, 0.25) is 0 Å². The van der Waals surface area contributed by atoms with Gasteiger partial charge in [0, 0.05) is 25.3 Å². The van der Waals surface area contributed by atoms with Gasteiger partial charge >= 0.3 is 18.0 Å². The van der Waals surface area contributed by atoms with E-state index in [4.69, 9.17) is 14.2 Å². The maximum atomic E-state index is 15.8. The number of halogens is 2. The zero-order valence-electron chi connectivity index (χ0n) is 28.8. The first-order valence-electron chi connectivity index (χ1n) is 16.1. The molecule has 3 N–H and O–H groups in total. The summed E-state index contributed by atoms with van der Waals surface area (Å²) in [4.78, 5) is 64.5. The molecule has 15 heteroatoms. The molecule has 1 saturated carbocycles. The fourth-order valence-corrected chi connectivity index (χ4v) is 5.65. The molecule has 0 radical (unpaired) electrons. The lowest BCUT2D eigenvalue weighted by Crippen LogP contribution is -2.51. The molecule has 1 aliphatic heterocycles. The summed E-state index contributed by atoms with van der Waals surface area (Å²) < 4.78 is 49.0. The summed E-state index contributed by atoms with van der Waals surface area (Å²) in [5.74, 6) is -3.95. The first-order valence-corrected chi connectivity index (χ1v) is 16.1. The molecule has 268 valence electrons. The van der Waals surface area contributed by atoms with Crippen LogP contribution in [-0.4, -0.2) is 77.4 Å². The van der Waals surface area contributed by atoms with Crippen molar-refractivity contribution in [2.45, 2.75) is 103 Å². The number of hydrogen-bond donors (Lipinski definition) is 3. The SMILES string of the molecule is COc1c(N2CCCC(=CC(F)NC(=O)[C@H](CC(=O)OC(C)(C)C)NC(=O)OC(C)(C)C)C2)c(F)cc2c(=O)c(C(=O)O)cn(C3CC3)c12. The number of piperidine rings is 1. The number of carbonyl (C=O) groups is 4.